The molecule has 1 saturated heterocycles. The molecule has 0 aliphatic carbocycles. The fraction of sp³-hybridized carbons (Fsp3) is 0.579. The van der Waals surface area contributed by atoms with Crippen molar-refractivity contribution in [2.24, 2.45) is 5.92 Å². The number of aromatic nitrogens is 2. The number of hydrogen-bond acceptors (Lipinski definition) is 7. The number of methoxy groups -OCH3 is 2. The second kappa shape index (κ2) is 7.70. The smallest absolute Gasteiger partial charge is 0.202 e. The van der Waals surface area contributed by atoms with Crippen LogP contribution >= 0.6 is 11.5 Å². The summed E-state index contributed by atoms with van der Waals surface area (Å²) in [5.41, 5.74) is 1.14. The molecule has 0 spiro atoms. The Bertz CT molecular complexity index is 719. The summed E-state index contributed by atoms with van der Waals surface area (Å²) >= 11 is 1.45. The fourth-order valence-corrected chi connectivity index (χ4v) is 3.80. The van der Waals surface area contributed by atoms with Gasteiger partial charge in [-0.2, -0.15) is 4.37 Å². The molecule has 142 valence electrons. The van der Waals surface area contributed by atoms with Gasteiger partial charge in [0, 0.05) is 60.5 Å². The van der Waals surface area contributed by atoms with E-state index < -0.39 is 0 Å². The van der Waals surface area contributed by atoms with E-state index in [1.807, 2.05) is 6.07 Å². The first-order chi connectivity index (χ1) is 12.4. The number of hydrogen-bond donors (Lipinski definition) is 1. The third-order valence-electron chi connectivity index (χ3n) is 4.63. The van der Waals surface area contributed by atoms with Crippen molar-refractivity contribution in [1.82, 2.24) is 9.36 Å². The molecule has 0 amide bonds. The number of anilines is 2. The van der Waals surface area contributed by atoms with E-state index in [0.29, 0.717) is 5.92 Å². The Labute approximate surface area is 159 Å². The molecule has 0 bridgehead atoms. The molecule has 2 heterocycles. The Balaban J connectivity index is 1.58. The molecule has 0 saturated carbocycles. The Kier molecular flexibility index (Phi) is 5.55. The molecule has 3 rings (SSSR count). The molecule has 1 aliphatic rings. The lowest BCUT2D eigenvalue weighted by atomic mass is 9.96. The zero-order valence-electron chi connectivity index (χ0n) is 16.2. The summed E-state index contributed by atoms with van der Waals surface area (Å²) in [5.74, 6) is 3.13. The van der Waals surface area contributed by atoms with E-state index in [9.17, 15) is 0 Å². The topological polar surface area (TPSA) is 59.5 Å². The van der Waals surface area contributed by atoms with Gasteiger partial charge in [-0.1, -0.05) is 20.8 Å². The molecule has 1 unspecified atom stereocenters. The van der Waals surface area contributed by atoms with Crippen molar-refractivity contribution in [2.45, 2.75) is 32.6 Å². The van der Waals surface area contributed by atoms with Crippen molar-refractivity contribution in [1.29, 1.82) is 0 Å². The van der Waals surface area contributed by atoms with Gasteiger partial charge in [0.25, 0.3) is 0 Å². The van der Waals surface area contributed by atoms with Crippen LogP contribution in [0.3, 0.4) is 0 Å². The highest BCUT2D eigenvalue weighted by atomic mass is 32.1. The van der Waals surface area contributed by atoms with Gasteiger partial charge in [0.15, 0.2) is 0 Å². The van der Waals surface area contributed by atoms with Gasteiger partial charge in [-0.25, -0.2) is 4.98 Å². The Morgan fingerprint density at radius 1 is 1.19 bits per heavy atom. The van der Waals surface area contributed by atoms with Crippen molar-refractivity contribution < 1.29 is 9.47 Å². The summed E-state index contributed by atoms with van der Waals surface area (Å²) < 4.78 is 15.2. The lowest BCUT2D eigenvalue weighted by Crippen LogP contribution is -2.22. The maximum atomic E-state index is 5.39. The molecule has 1 aromatic heterocycles. The molecule has 2 aromatic rings. The third kappa shape index (κ3) is 4.38. The van der Waals surface area contributed by atoms with Crippen LogP contribution < -0.4 is 19.7 Å². The number of rotatable bonds is 6. The first-order valence-electron chi connectivity index (χ1n) is 8.95. The Hall–Kier alpha value is -2.02. The normalized spacial score (nSPS) is 17.4. The maximum Gasteiger partial charge on any atom is 0.202 e. The van der Waals surface area contributed by atoms with E-state index in [0.717, 1.165) is 54.2 Å². The van der Waals surface area contributed by atoms with Gasteiger partial charge in [0.2, 0.25) is 5.13 Å². The van der Waals surface area contributed by atoms with E-state index in [-0.39, 0.29) is 5.41 Å². The first-order valence-corrected chi connectivity index (χ1v) is 9.72. The van der Waals surface area contributed by atoms with Gasteiger partial charge in [-0.05, 0) is 12.3 Å². The summed E-state index contributed by atoms with van der Waals surface area (Å²) in [6.45, 7) is 9.36. The number of ether oxygens (including phenoxy) is 2. The van der Waals surface area contributed by atoms with Crippen LogP contribution in [-0.4, -0.2) is 43.2 Å². The van der Waals surface area contributed by atoms with Crippen molar-refractivity contribution in [3.05, 3.63) is 24.0 Å². The molecule has 1 aliphatic heterocycles. The summed E-state index contributed by atoms with van der Waals surface area (Å²) in [6.07, 6.45) is 1.15. The quantitative estimate of drug-likeness (QED) is 0.828. The zero-order valence-corrected chi connectivity index (χ0v) is 17.0. The van der Waals surface area contributed by atoms with Gasteiger partial charge in [-0.3, -0.25) is 0 Å². The van der Waals surface area contributed by atoms with E-state index in [4.69, 9.17) is 9.47 Å². The molecule has 1 atom stereocenters. The van der Waals surface area contributed by atoms with Crippen LogP contribution in [0, 0.1) is 5.92 Å². The van der Waals surface area contributed by atoms with Crippen LogP contribution in [0.1, 0.15) is 33.0 Å². The van der Waals surface area contributed by atoms with E-state index in [2.05, 4.69) is 52.5 Å². The molecule has 1 aromatic carbocycles. The van der Waals surface area contributed by atoms with Gasteiger partial charge in [0.05, 0.1) is 14.2 Å². The predicted molar refractivity (Wildman–Crippen MR) is 107 cm³/mol. The summed E-state index contributed by atoms with van der Waals surface area (Å²) in [7, 11) is 3.37. The molecule has 26 heavy (non-hydrogen) atoms. The number of benzene rings is 1. The highest BCUT2D eigenvalue weighted by molar-refractivity contribution is 7.09. The Morgan fingerprint density at radius 3 is 2.46 bits per heavy atom. The van der Waals surface area contributed by atoms with Crippen molar-refractivity contribution >= 4 is 22.4 Å². The minimum Gasteiger partial charge on any atom is -0.497 e. The average Bonchev–Trinajstić information content (AvgIpc) is 3.28. The highest BCUT2D eigenvalue weighted by Crippen LogP contribution is 2.32. The van der Waals surface area contributed by atoms with Crippen LogP contribution in [0.2, 0.25) is 0 Å². The molecule has 1 fully saturated rings. The van der Waals surface area contributed by atoms with Crippen LogP contribution in [0.5, 0.6) is 11.5 Å². The van der Waals surface area contributed by atoms with Gasteiger partial charge < -0.3 is 19.7 Å². The minimum atomic E-state index is -0.00793. The van der Waals surface area contributed by atoms with Crippen LogP contribution in [0.25, 0.3) is 0 Å². The zero-order chi connectivity index (χ0) is 18.7. The summed E-state index contributed by atoms with van der Waals surface area (Å²) in [6, 6.07) is 6.04. The minimum absolute atomic E-state index is 0.00793. The van der Waals surface area contributed by atoms with Crippen molar-refractivity contribution in [3.63, 3.8) is 0 Å². The second-order valence-electron chi connectivity index (χ2n) is 7.73. The Morgan fingerprint density at radius 2 is 1.88 bits per heavy atom. The molecule has 6 nitrogen and oxygen atoms in total. The van der Waals surface area contributed by atoms with Crippen molar-refractivity contribution in [2.75, 3.05) is 44.1 Å². The number of nitrogens with zero attached hydrogens (tertiary/aromatic N) is 3. The molecule has 1 N–H and O–H groups in total. The van der Waals surface area contributed by atoms with E-state index in [1.165, 1.54) is 11.5 Å². The van der Waals surface area contributed by atoms with Crippen LogP contribution in [0.15, 0.2) is 18.2 Å². The van der Waals surface area contributed by atoms with Crippen LogP contribution in [0.4, 0.5) is 10.8 Å². The summed E-state index contributed by atoms with van der Waals surface area (Å²) in [5, 5.41) is 4.38. The average molecular weight is 377 g/mol. The summed E-state index contributed by atoms with van der Waals surface area (Å²) in [4.78, 5) is 7.00. The first kappa shape index (κ1) is 18.8. The fourth-order valence-electron chi connectivity index (χ4n) is 3.04. The second-order valence-corrected chi connectivity index (χ2v) is 8.48. The highest BCUT2D eigenvalue weighted by Gasteiger charge is 2.24. The molecular weight excluding hydrogens is 348 g/mol. The van der Waals surface area contributed by atoms with Gasteiger partial charge in [0.1, 0.15) is 17.3 Å². The monoisotopic (exact) mass is 376 g/mol. The van der Waals surface area contributed by atoms with Gasteiger partial charge >= 0.3 is 0 Å². The molecule has 0 radical (unpaired) electrons. The van der Waals surface area contributed by atoms with E-state index in [1.54, 1.807) is 14.2 Å². The SMILES string of the molecule is COc1cc(OC)cc(N2CCC(CNc3nc(C(C)(C)C)ns3)C2)c1. The molecular formula is C19H28N4O2S. The lowest BCUT2D eigenvalue weighted by molar-refractivity contribution is 0.394. The van der Waals surface area contributed by atoms with Gasteiger partial charge in [-0.15, -0.1) is 0 Å². The van der Waals surface area contributed by atoms with E-state index >= 15 is 0 Å². The third-order valence-corrected chi connectivity index (χ3v) is 5.30. The largest absolute Gasteiger partial charge is 0.497 e. The van der Waals surface area contributed by atoms with Crippen LogP contribution in [-0.2, 0) is 5.41 Å². The van der Waals surface area contributed by atoms with Crippen molar-refractivity contribution in [3.8, 4) is 11.5 Å². The lowest BCUT2D eigenvalue weighted by Gasteiger charge is -2.20. The predicted octanol–water partition coefficient (Wildman–Crippen LogP) is 3.79. The maximum absolute atomic E-state index is 5.39. The molecule has 7 heteroatoms. The standard InChI is InChI=1S/C19H28N4O2S/c1-19(2,3)17-21-18(26-22-17)20-11-13-6-7-23(12-13)14-8-15(24-4)10-16(9-14)25-5/h8-10,13H,6-7,11-12H2,1-5H3,(H,20,21,22). The number of nitrogens with one attached hydrogen (secondary N) is 1.